The molecule has 4 heteroatoms. The molecule has 0 spiro atoms. The second-order valence-corrected chi connectivity index (χ2v) is 4.49. The molecule has 0 bridgehead atoms. The predicted octanol–water partition coefficient (Wildman–Crippen LogP) is 2.84. The van der Waals surface area contributed by atoms with E-state index in [0.717, 1.165) is 30.2 Å². The van der Waals surface area contributed by atoms with E-state index in [9.17, 15) is 0 Å². The Morgan fingerprint density at radius 1 is 1.28 bits per heavy atom. The molecular formula is C14H20N4. The van der Waals surface area contributed by atoms with Crippen LogP contribution in [0.25, 0.3) is 0 Å². The molecule has 0 aliphatic carbocycles. The number of rotatable bonds is 4. The molecule has 2 aromatic heterocycles. The number of nitrogens with zero attached hydrogens (tertiary/aromatic N) is 3. The average Bonchev–Trinajstić information content (AvgIpc) is 2.64. The fraction of sp³-hybridized carbons (Fsp3) is 0.429. The molecule has 0 aliphatic rings. The molecule has 0 aliphatic heterocycles. The molecule has 0 aromatic carbocycles. The highest BCUT2D eigenvalue weighted by atomic mass is 15.3. The Hall–Kier alpha value is -1.84. The van der Waals surface area contributed by atoms with Crippen LogP contribution in [0.4, 0.5) is 5.82 Å². The van der Waals surface area contributed by atoms with E-state index in [1.165, 1.54) is 11.3 Å². The van der Waals surface area contributed by atoms with Gasteiger partial charge in [-0.15, -0.1) is 0 Å². The fourth-order valence-electron chi connectivity index (χ4n) is 2.14. The number of hydrogen-bond donors (Lipinski definition) is 1. The van der Waals surface area contributed by atoms with Crippen LogP contribution in [0.15, 0.2) is 18.3 Å². The van der Waals surface area contributed by atoms with Crippen molar-refractivity contribution >= 4 is 5.82 Å². The van der Waals surface area contributed by atoms with Crippen LogP contribution in [-0.2, 0) is 13.1 Å². The van der Waals surface area contributed by atoms with Crippen molar-refractivity contribution in [3.63, 3.8) is 0 Å². The van der Waals surface area contributed by atoms with Crippen molar-refractivity contribution < 1.29 is 0 Å². The molecule has 0 amide bonds. The van der Waals surface area contributed by atoms with Crippen LogP contribution in [0.3, 0.4) is 0 Å². The largest absolute Gasteiger partial charge is 0.366 e. The van der Waals surface area contributed by atoms with Gasteiger partial charge in [-0.2, -0.15) is 5.10 Å². The zero-order chi connectivity index (χ0) is 13.1. The second kappa shape index (κ2) is 5.21. The van der Waals surface area contributed by atoms with Crippen molar-refractivity contribution in [2.24, 2.45) is 0 Å². The Morgan fingerprint density at radius 3 is 2.67 bits per heavy atom. The van der Waals surface area contributed by atoms with Crippen LogP contribution < -0.4 is 5.32 Å². The van der Waals surface area contributed by atoms with E-state index < -0.39 is 0 Å². The molecule has 0 saturated heterocycles. The smallest absolute Gasteiger partial charge is 0.129 e. The van der Waals surface area contributed by atoms with Crippen LogP contribution in [-0.4, -0.2) is 14.8 Å². The topological polar surface area (TPSA) is 42.7 Å². The van der Waals surface area contributed by atoms with Gasteiger partial charge in [0, 0.05) is 30.5 Å². The lowest BCUT2D eigenvalue weighted by molar-refractivity contribution is 0.633. The first-order chi connectivity index (χ1) is 8.63. The zero-order valence-electron chi connectivity index (χ0n) is 11.5. The highest BCUT2D eigenvalue weighted by Gasteiger charge is 2.10. The lowest BCUT2D eigenvalue weighted by atomic mass is 10.2. The Kier molecular flexibility index (Phi) is 3.65. The standard InChI is InChI=1S/C14H20N4/c1-5-18-12(4)13(11(3)17-18)9-16-14-10(2)7-6-8-15-14/h6-8H,5,9H2,1-4H3,(H,15,16). The van der Waals surface area contributed by atoms with Gasteiger partial charge in [0.25, 0.3) is 0 Å². The third-order valence-electron chi connectivity index (χ3n) is 3.27. The van der Waals surface area contributed by atoms with Crippen LogP contribution in [0.1, 0.15) is 29.4 Å². The number of anilines is 1. The summed E-state index contributed by atoms with van der Waals surface area (Å²) >= 11 is 0. The molecule has 0 saturated carbocycles. The van der Waals surface area contributed by atoms with Crippen molar-refractivity contribution in [1.29, 1.82) is 0 Å². The first-order valence-corrected chi connectivity index (χ1v) is 6.31. The first kappa shape index (κ1) is 12.6. The summed E-state index contributed by atoms with van der Waals surface area (Å²) in [5.74, 6) is 0.945. The predicted molar refractivity (Wildman–Crippen MR) is 73.7 cm³/mol. The van der Waals surface area contributed by atoms with Gasteiger partial charge in [-0.25, -0.2) is 4.98 Å². The minimum atomic E-state index is 0.773. The third kappa shape index (κ3) is 2.37. The van der Waals surface area contributed by atoms with Gasteiger partial charge in [-0.3, -0.25) is 4.68 Å². The summed E-state index contributed by atoms with van der Waals surface area (Å²) in [6.45, 7) is 10.0. The molecule has 2 aromatic rings. The molecule has 96 valence electrons. The molecule has 0 radical (unpaired) electrons. The maximum Gasteiger partial charge on any atom is 0.129 e. The van der Waals surface area contributed by atoms with Gasteiger partial charge in [0.15, 0.2) is 0 Å². The number of aryl methyl sites for hydroxylation is 3. The van der Waals surface area contributed by atoms with Crippen LogP contribution in [0, 0.1) is 20.8 Å². The van der Waals surface area contributed by atoms with Crippen LogP contribution in [0.2, 0.25) is 0 Å². The first-order valence-electron chi connectivity index (χ1n) is 6.31. The van der Waals surface area contributed by atoms with Gasteiger partial charge >= 0.3 is 0 Å². The molecule has 4 nitrogen and oxygen atoms in total. The number of hydrogen-bond acceptors (Lipinski definition) is 3. The maximum absolute atomic E-state index is 4.52. The lowest BCUT2D eigenvalue weighted by Gasteiger charge is -2.08. The minimum Gasteiger partial charge on any atom is -0.366 e. The SMILES string of the molecule is CCn1nc(C)c(CNc2ncccc2C)c1C. The third-order valence-corrected chi connectivity index (χ3v) is 3.27. The van der Waals surface area contributed by atoms with Gasteiger partial charge in [-0.1, -0.05) is 6.07 Å². The van der Waals surface area contributed by atoms with E-state index in [1.807, 2.05) is 16.9 Å². The summed E-state index contributed by atoms with van der Waals surface area (Å²) in [4.78, 5) is 4.34. The number of nitrogens with one attached hydrogen (secondary N) is 1. The van der Waals surface area contributed by atoms with Crippen molar-refractivity contribution in [1.82, 2.24) is 14.8 Å². The van der Waals surface area contributed by atoms with E-state index in [2.05, 4.69) is 49.2 Å². The zero-order valence-corrected chi connectivity index (χ0v) is 11.5. The van der Waals surface area contributed by atoms with Crippen molar-refractivity contribution in [2.45, 2.75) is 40.8 Å². The highest BCUT2D eigenvalue weighted by molar-refractivity contribution is 5.43. The quantitative estimate of drug-likeness (QED) is 0.899. The van der Waals surface area contributed by atoms with Gasteiger partial charge in [0.05, 0.1) is 5.69 Å². The minimum absolute atomic E-state index is 0.773. The van der Waals surface area contributed by atoms with Crippen LogP contribution >= 0.6 is 0 Å². The van der Waals surface area contributed by atoms with Crippen molar-refractivity contribution in [2.75, 3.05) is 5.32 Å². The second-order valence-electron chi connectivity index (χ2n) is 4.49. The molecule has 0 fully saturated rings. The molecular weight excluding hydrogens is 224 g/mol. The highest BCUT2D eigenvalue weighted by Crippen LogP contribution is 2.16. The van der Waals surface area contributed by atoms with Gasteiger partial charge in [0.2, 0.25) is 0 Å². The van der Waals surface area contributed by atoms with E-state index in [-0.39, 0.29) is 0 Å². The molecule has 2 heterocycles. The summed E-state index contributed by atoms with van der Waals surface area (Å²) < 4.78 is 2.04. The number of aromatic nitrogens is 3. The molecule has 0 atom stereocenters. The Labute approximate surface area is 108 Å². The van der Waals surface area contributed by atoms with Crippen LogP contribution in [0.5, 0.6) is 0 Å². The van der Waals surface area contributed by atoms with E-state index in [4.69, 9.17) is 0 Å². The van der Waals surface area contributed by atoms with Crippen molar-refractivity contribution in [3.8, 4) is 0 Å². The summed E-state index contributed by atoms with van der Waals surface area (Å²) in [7, 11) is 0. The normalized spacial score (nSPS) is 10.7. The molecule has 2 rings (SSSR count). The lowest BCUT2D eigenvalue weighted by Crippen LogP contribution is -2.05. The Balaban J connectivity index is 2.16. The summed E-state index contributed by atoms with van der Waals surface area (Å²) in [6.07, 6.45) is 1.81. The fourth-order valence-corrected chi connectivity index (χ4v) is 2.14. The molecule has 0 unspecified atom stereocenters. The Morgan fingerprint density at radius 2 is 2.06 bits per heavy atom. The molecule has 18 heavy (non-hydrogen) atoms. The van der Waals surface area contributed by atoms with Gasteiger partial charge in [-0.05, 0) is 39.3 Å². The average molecular weight is 244 g/mol. The summed E-state index contributed by atoms with van der Waals surface area (Å²) in [5.41, 5.74) is 4.75. The van der Waals surface area contributed by atoms with Gasteiger partial charge < -0.3 is 5.32 Å². The van der Waals surface area contributed by atoms with Crippen molar-refractivity contribution in [3.05, 3.63) is 40.8 Å². The van der Waals surface area contributed by atoms with Gasteiger partial charge in [0.1, 0.15) is 5.82 Å². The molecule has 1 N–H and O–H groups in total. The van der Waals surface area contributed by atoms with E-state index in [0.29, 0.717) is 0 Å². The van der Waals surface area contributed by atoms with E-state index >= 15 is 0 Å². The monoisotopic (exact) mass is 244 g/mol. The Bertz CT molecular complexity index is 543. The maximum atomic E-state index is 4.52. The summed E-state index contributed by atoms with van der Waals surface area (Å²) in [6, 6.07) is 4.01. The number of pyridine rings is 1. The van der Waals surface area contributed by atoms with E-state index in [1.54, 1.807) is 0 Å². The summed E-state index contributed by atoms with van der Waals surface area (Å²) in [5, 5.41) is 7.90.